The first-order chi connectivity index (χ1) is 10.8. The Balaban J connectivity index is 1.92. The molecule has 1 N–H and O–H groups in total. The summed E-state index contributed by atoms with van der Waals surface area (Å²) in [6.07, 6.45) is 2.25. The third kappa shape index (κ3) is 2.00. The molecule has 7 heteroatoms. The molecule has 2 aliphatic heterocycles. The molecule has 0 spiro atoms. The van der Waals surface area contributed by atoms with Gasteiger partial charge in [-0.05, 0) is 31.0 Å². The van der Waals surface area contributed by atoms with Gasteiger partial charge in [-0.25, -0.2) is 4.39 Å². The number of benzene rings is 1. The smallest absolute Gasteiger partial charge is 0.163 e. The van der Waals surface area contributed by atoms with Crippen LogP contribution in [-0.4, -0.2) is 43.7 Å². The predicted molar refractivity (Wildman–Crippen MR) is 78.3 cm³/mol. The minimum absolute atomic E-state index is 0.219. The van der Waals surface area contributed by atoms with Crippen LogP contribution in [-0.2, 0) is 13.2 Å². The second-order valence-electron chi connectivity index (χ2n) is 5.52. The molecule has 1 aromatic heterocycles. The maximum atomic E-state index is 13.8. The van der Waals surface area contributed by atoms with E-state index in [0.717, 1.165) is 43.0 Å². The average molecular weight is 301 g/mol. The lowest BCUT2D eigenvalue weighted by Crippen LogP contribution is -2.29. The monoisotopic (exact) mass is 301 g/mol. The molecule has 1 aromatic carbocycles. The molecule has 0 aliphatic carbocycles. The zero-order valence-electron chi connectivity index (χ0n) is 12.0. The van der Waals surface area contributed by atoms with E-state index in [1.807, 2.05) is 0 Å². The third-order valence-electron chi connectivity index (χ3n) is 4.15. The van der Waals surface area contributed by atoms with E-state index in [4.69, 9.17) is 0 Å². The van der Waals surface area contributed by atoms with Crippen LogP contribution >= 0.6 is 0 Å². The Kier molecular flexibility index (Phi) is 3.15. The Morgan fingerprint density at radius 3 is 2.77 bits per heavy atom. The van der Waals surface area contributed by atoms with E-state index >= 15 is 0 Å². The Labute approximate surface area is 126 Å². The summed E-state index contributed by atoms with van der Waals surface area (Å²) in [6.45, 7) is 2.02. The second-order valence-corrected chi connectivity index (χ2v) is 5.52. The summed E-state index contributed by atoms with van der Waals surface area (Å²) in [5.41, 5.74) is 1.50. The van der Waals surface area contributed by atoms with Crippen LogP contribution in [0.4, 0.5) is 4.39 Å². The number of amidine groups is 1. The predicted octanol–water partition coefficient (Wildman–Crippen LogP) is 1.25. The van der Waals surface area contributed by atoms with Crippen molar-refractivity contribution in [3.05, 3.63) is 41.2 Å². The van der Waals surface area contributed by atoms with Crippen LogP contribution in [0.15, 0.2) is 23.2 Å². The quantitative estimate of drug-likeness (QED) is 0.861. The van der Waals surface area contributed by atoms with Crippen molar-refractivity contribution in [1.82, 2.24) is 19.7 Å². The van der Waals surface area contributed by atoms with Crippen molar-refractivity contribution in [2.24, 2.45) is 4.99 Å². The fraction of sp³-hybridized carbons (Fsp3) is 0.400. The summed E-state index contributed by atoms with van der Waals surface area (Å²) in [5, 5.41) is 17.6. The number of aromatic nitrogens is 3. The number of hydrogen-bond acceptors (Lipinski definition) is 5. The van der Waals surface area contributed by atoms with Gasteiger partial charge in [0.05, 0.1) is 5.69 Å². The molecule has 114 valence electrons. The van der Waals surface area contributed by atoms with E-state index in [2.05, 4.69) is 20.1 Å². The molecular formula is C15H16FN5O. The molecule has 0 saturated carbocycles. The van der Waals surface area contributed by atoms with Gasteiger partial charge in [0.15, 0.2) is 11.6 Å². The molecule has 0 amide bonds. The van der Waals surface area contributed by atoms with Crippen LogP contribution in [0.2, 0.25) is 0 Å². The molecule has 2 aromatic rings. The van der Waals surface area contributed by atoms with Crippen molar-refractivity contribution in [2.45, 2.75) is 26.0 Å². The summed E-state index contributed by atoms with van der Waals surface area (Å²) in [4.78, 5) is 6.84. The van der Waals surface area contributed by atoms with Crippen molar-refractivity contribution in [1.29, 1.82) is 0 Å². The normalized spacial score (nSPS) is 17.0. The Morgan fingerprint density at radius 2 is 2.00 bits per heavy atom. The average Bonchev–Trinajstić information content (AvgIpc) is 3.15. The van der Waals surface area contributed by atoms with Crippen LogP contribution in [0.5, 0.6) is 0 Å². The maximum Gasteiger partial charge on any atom is 0.163 e. The highest BCUT2D eigenvalue weighted by Crippen LogP contribution is 2.26. The number of halogens is 1. The molecular weight excluding hydrogens is 285 g/mol. The molecule has 0 radical (unpaired) electrons. The van der Waals surface area contributed by atoms with Gasteiger partial charge in [-0.15, -0.1) is 10.2 Å². The lowest BCUT2D eigenvalue weighted by molar-refractivity contribution is 0.268. The number of rotatable bonds is 1. The Bertz CT molecular complexity index is 748. The summed E-state index contributed by atoms with van der Waals surface area (Å²) in [6, 6.07) is 4.62. The second kappa shape index (κ2) is 5.17. The largest absolute Gasteiger partial charge is 0.388 e. The topological polar surface area (TPSA) is 66.5 Å². The molecule has 2 aliphatic rings. The van der Waals surface area contributed by atoms with Gasteiger partial charge in [-0.1, -0.05) is 0 Å². The van der Waals surface area contributed by atoms with Crippen LogP contribution < -0.4 is 0 Å². The number of aliphatic hydroxyl groups excluding tert-OH is 1. The minimum Gasteiger partial charge on any atom is -0.388 e. The van der Waals surface area contributed by atoms with Crippen molar-refractivity contribution < 1.29 is 9.50 Å². The molecule has 1 saturated heterocycles. The standard InChI is InChI=1S/C15H16FN5O/c16-10-3-4-12-11(7-10)15(20-5-1-2-6-20)17-8-13-18-19-14(9-22)21(12)13/h3-4,7,22H,1-2,5-6,8-9H2. The SMILES string of the molecule is OCc1nnc2n1-c1ccc(F)cc1C(N1CCCC1)=NC2. The first-order valence-electron chi connectivity index (χ1n) is 7.41. The molecule has 3 heterocycles. The fourth-order valence-corrected chi connectivity index (χ4v) is 3.15. The molecule has 0 atom stereocenters. The lowest BCUT2D eigenvalue weighted by atomic mass is 10.1. The number of aliphatic hydroxyl groups is 1. The molecule has 0 bridgehead atoms. The van der Waals surface area contributed by atoms with Crippen molar-refractivity contribution in [2.75, 3.05) is 13.1 Å². The van der Waals surface area contributed by atoms with E-state index in [1.165, 1.54) is 12.1 Å². The van der Waals surface area contributed by atoms with E-state index in [-0.39, 0.29) is 12.4 Å². The van der Waals surface area contributed by atoms with E-state index in [9.17, 15) is 9.50 Å². The minimum atomic E-state index is -0.298. The Morgan fingerprint density at radius 1 is 1.18 bits per heavy atom. The van der Waals surface area contributed by atoms with Gasteiger partial charge >= 0.3 is 0 Å². The van der Waals surface area contributed by atoms with Gasteiger partial charge in [0.2, 0.25) is 0 Å². The molecule has 4 rings (SSSR count). The summed E-state index contributed by atoms with van der Waals surface area (Å²) >= 11 is 0. The summed E-state index contributed by atoms with van der Waals surface area (Å²) in [7, 11) is 0. The molecule has 6 nitrogen and oxygen atoms in total. The third-order valence-corrected chi connectivity index (χ3v) is 4.15. The van der Waals surface area contributed by atoms with E-state index in [1.54, 1.807) is 10.6 Å². The van der Waals surface area contributed by atoms with Crippen molar-refractivity contribution in [3.8, 4) is 5.69 Å². The van der Waals surface area contributed by atoms with Gasteiger partial charge < -0.3 is 10.0 Å². The zero-order valence-corrected chi connectivity index (χ0v) is 12.0. The van der Waals surface area contributed by atoms with Crippen LogP contribution in [0.25, 0.3) is 5.69 Å². The molecule has 22 heavy (non-hydrogen) atoms. The fourth-order valence-electron chi connectivity index (χ4n) is 3.15. The number of fused-ring (bicyclic) bond motifs is 3. The van der Waals surface area contributed by atoms with E-state index in [0.29, 0.717) is 18.2 Å². The number of hydrogen-bond donors (Lipinski definition) is 1. The zero-order chi connectivity index (χ0) is 15.1. The number of likely N-dealkylation sites (tertiary alicyclic amines) is 1. The van der Waals surface area contributed by atoms with Gasteiger partial charge in [0.25, 0.3) is 0 Å². The Hall–Kier alpha value is -2.28. The maximum absolute atomic E-state index is 13.8. The molecule has 1 fully saturated rings. The summed E-state index contributed by atoms with van der Waals surface area (Å²) in [5.74, 6) is 1.61. The molecule has 0 unspecified atom stereocenters. The van der Waals surface area contributed by atoms with Gasteiger partial charge in [0.1, 0.15) is 24.8 Å². The van der Waals surface area contributed by atoms with Gasteiger partial charge in [0, 0.05) is 18.7 Å². The van der Waals surface area contributed by atoms with Gasteiger partial charge in [-0.2, -0.15) is 0 Å². The van der Waals surface area contributed by atoms with E-state index < -0.39 is 0 Å². The highest BCUT2D eigenvalue weighted by atomic mass is 19.1. The van der Waals surface area contributed by atoms with Crippen LogP contribution in [0.3, 0.4) is 0 Å². The van der Waals surface area contributed by atoms with Crippen molar-refractivity contribution in [3.63, 3.8) is 0 Å². The van der Waals surface area contributed by atoms with Gasteiger partial charge in [-0.3, -0.25) is 9.56 Å². The highest BCUT2D eigenvalue weighted by Gasteiger charge is 2.26. The first kappa shape index (κ1) is 13.4. The lowest BCUT2D eigenvalue weighted by Gasteiger charge is -2.21. The first-order valence-corrected chi connectivity index (χ1v) is 7.41. The van der Waals surface area contributed by atoms with Crippen LogP contribution in [0, 0.1) is 5.82 Å². The summed E-state index contributed by atoms with van der Waals surface area (Å²) < 4.78 is 15.6. The number of nitrogens with zero attached hydrogens (tertiary/aromatic N) is 5. The van der Waals surface area contributed by atoms with Crippen molar-refractivity contribution >= 4 is 5.84 Å². The van der Waals surface area contributed by atoms with Crippen LogP contribution in [0.1, 0.15) is 30.1 Å². The number of aliphatic imine (C=N–C) groups is 1. The highest BCUT2D eigenvalue weighted by molar-refractivity contribution is 6.02.